The van der Waals surface area contributed by atoms with Crippen molar-refractivity contribution in [1.82, 2.24) is 4.90 Å². The summed E-state index contributed by atoms with van der Waals surface area (Å²) < 4.78 is 0. The third kappa shape index (κ3) is 2.68. The third-order valence-corrected chi connectivity index (χ3v) is 4.98. The summed E-state index contributed by atoms with van der Waals surface area (Å²) in [7, 11) is 0. The number of nitrogens with two attached hydrogens (primary N) is 1. The fraction of sp³-hybridized carbons (Fsp3) is 0.250. The van der Waals surface area contributed by atoms with E-state index in [0.717, 1.165) is 30.1 Å². The second-order valence-electron chi connectivity index (χ2n) is 6.69. The standard InChI is InChI=1S/C20H19N3O3/c21-18(24)15-4-3-5-16-17(15)20(26)23(19(16)25)14-8-6-13(7-9-14)12-22-10-1-2-11-22/h3-9H,1-2,10-12H2,(H2,21,24). The Kier molecular flexibility index (Phi) is 4.05. The third-order valence-electron chi connectivity index (χ3n) is 4.98. The second kappa shape index (κ2) is 6.38. The van der Waals surface area contributed by atoms with Crippen LogP contribution in [0.2, 0.25) is 0 Å². The van der Waals surface area contributed by atoms with E-state index < -0.39 is 17.7 Å². The van der Waals surface area contributed by atoms with Gasteiger partial charge in [-0.1, -0.05) is 18.2 Å². The van der Waals surface area contributed by atoms with Crippen molar-refractivity contribution in [3.8, 4) is 0 Å². The Morgan fingerprint density at radius 1 is 0.962 bits per heavy atom. The molecule has 6 heteroatoms. The van der Waals surface area contributed by atoms with Crippen LogP contribution in [0.4, 0.5) is 5.69 Å². The van der Waals surface area contributed by atoms with Crippen molar-refractivity contribution < 1.29 is 14.4 Å². The van der Waals surface area contributed by atoms with Crippen LogP contribution in [0.25, 0.3) is 0 Å². The summed E-state index contributed by atoms with van der Waals surface area (Å²) in [6, 6.07) is 12.0. The number of anilines is 1. The van der Waals surface area contributed by atoms with E-state index in [0.29, 0.717) is 5.69 Å². The number of hydrogen-bond acceptors (Lipinski definition) is 4. The van der Waals surface area contributed by atoms with Crippen molar-refractivity contribution in [2.45, 2.75) is 19.4 Å². The molecule has 26 heavy (non-hydrogen) atoms. The number of amides is 3. The van der Waals surface area contributed by atoms with E-state index in [9.17, 15) is 14.4 Å². The van der Waals surface area contributed by atoms with Gasteiger partial charge in [0.2, 0.25) is 5.91 Å². The van der Waals surface area contributed by atoms with Gasteiger partial charge in [-0.15, -0.1) is 0 Å². The van der Waals surface area contributed by atoms with E-state index in [1.807, 2.05) is 12.1 Å². The van der Waals surface area contributed by atoms with Crippen LogP contribution in [-0.4, -0.2) is 35.7 Å². The molecule has 3 amide bonds. The molecule has 2 aromatic rings. The molecule has 4 rings (SSSR count). The minimum absolute atomic E-state index is 0.0778. The molecule has 0 aliphatic carbocycles. The van der Waals surface area contributed by atoms with Crippen molar-refractivity contribution in [3.63, 3.8) is 0 Å². The zero-order valence-corrected chi connectivity index (χ0v) is 14.3. The Morgan fingerprint density at radius 2 is 1.65 bits per heavy atom. The molecule has 0 unspecified atom stereocenters. The first-order chi connectivity index (χ1) is 12.6. The van der Waals surface area contributed by atoms with Crippen molar-refractivity contribution in [2.24, 2.45) is 5.73 Å². The number of imide groups is 1. The van der Waals surface area contributed by atoms with Gasteiger partial charge in [-0.3, -0.25) is 19.3 Å². The van der Waals surface area contributed by atoms with Gasteiger partial charge in [-0.2, -0.15) is 0 Å². The van der Waals surface area contributed by atoms with Crippen molar-refractivity contribution in [1.29, 1.82) is 0 Å². The average Bonchev–Trinajstić information content (AvgIpc) is 3.23. The fourth-order valence-corrected chi connectivity index (χ4v) is 3.67. The molecule has 0 saturated carbocycles. The lowest BCUT2D eigenvalue weighted by atomic mass is 10.0. The molecule has 0 atom stereocenters. The van der Waals surface area contributed by atoms with Crippen LogP contribution in [-0.2, 0) is 6.54 Å². The van der Waals surface area contributed by atoms with E-state index in [1.165, 1.54) is 18.9 Å². The Hall–Kier alpha value is -2.99. The second-order valence-corrected chi connectivity index (χ2v) is 6.69. The summed E-state index contributed by atoms with van der Waals surface area (Å²) in [5.41, 5.74) is 7.37. The van der Waals surface area contributed by atoms with Crippen LogP contribution in [0.1, 0.15) is 49.5 Å². The number of benzene rings is 2. The molecular formula is C20H19N3O3. The van der Waals surface area contributed by atoms with Gasteiger partial charge in [-0.25, -0.2) is 4.90 Å². The Balaban J connectivity index is 1.62. The smallest absolute Gasteiger partial charge is 0.266 e. The van der Waals surface area contributed by atoms with Crippen LogP contribution >= 0.6 is 0 Å². The lowest BCUT2D eigenvalue weighted by Crippen LogP contribution is -2.30. The molecule has 132 valence electrons. The van der Waals surface area contributed by atoms with E-state index in [1.54, 1.807) is 24.3 Å². The number of hydrogen-bond donors (Lipinski definition) is 1. The monoisotopic (exact) mass is 349 g/mol. The Bertz CT molecular complexity index is 899. The van der Waals surface area contributed by atoms with Crippen LogP contribution in [0.5, 0.6) is 0 Å². The van der Waals surface area contributed by atoms with E-state index in [2.05, 4.69) is 4.90 Å². The number of carbonyl (C=O) groups excluding carboxylic acids is 3. The molecule has 2 aliphatic heterocycles. The van der Waals surface area contributed by atoms with Gasteiger partial charge in [0.25, 0.3) is 11.8 Å². The highest BCUT2D eigenvalue weighted by atomic mass is 16.2. The van der Waals surface area contributed by atoms with Crippen molar-refractivity contribution >= 4 is 23.4 Å². The highest BCUT2D eigenvalue weighted by molar-refractivity contribution is 6.36. The van der Waals surface area contributed by atoms with E-state index in [4.69, 9.17) is 5.73 Å². The van der Waals surface area contributed by atoms with Crippen molar-refractivity contribution in [2.75, 3.05) is 18.0 Å². The van der Waals surface area contributed by atoms with Gasteiger partial charge in [-0.05, 0) is 55.8 Å². The van der Waals surface area contributed by atoms with E-state index >= 15 is 0 Å². The molecule has 1 fully saturated rings. The first-order valence-corrected chi connectivity index (χ1v) is 8.69. The summed E-state index contributed by atoms with van der Waals surface area (Å²) in [6.07, 6.45) is 2.46. The summed E-state index contributed by atoms with van der Waals surface area (Å²) in [5.74, 6) is -1.65. The van der Waals surface area contributed by atoms with Crippen LogP contribution in [0.3, 0.4) is 0 Å². The van der Waals surface area contributed by atoms with Gasteiger partial charge in [0.05, 0.1) is 22.4 Å². The van der Waals surface area contributed by atoms with Gasteiger partial charge in [0, 0.05) is 6.54 Å². The minimum atomic E-state index is -0.717. The van der Waals surface area contributed by atoms with Gasteiger partial charge < -0.3 is 5.73 Å². The highest BCUT2D eigenvalue weighted by Gasteiger charge is 2.39. The van der Waals surface area contributed by atoms with Gasteiger partial charge in [0.15, 0.2) is 0 Å². The summed E-state index contributed by atoms with van der Waals surface area (Å²) in [4.78, 5) is 40.6. The molecule has 2 N–H and O–H groups in total. The quantitative estimate of drug-likeness (QED) is 0.858. The Morgan fingerprint density at radius 3 is 2.31 bits per heavy atom. The molecule has 0 aromatic heterocycles. The topological polar surface area (TPSA) is 83.7 Å². The summed E-state index contributed by atoms with van der Waals surface area (Å²) in [6.45, 7) is 3.08. The SMILES string of the molecule is NC(=O)c1cccc2c1C(=O)N(c1ccc(CN3CCCC3)cc1)C2=O. The van der Waals surface area contributed by atoms with E-state index in [-0.39, 0.29) is 16.7 Å². The highest BCUT2D eigenvalue weighted by Crippen LogP contribution is 2.30. The molecule has 1 saturated heterocycles. The predicted octanol–water partition coefficient (Wildman–Crippen LogP) is 2.18. The zero-order valence-electron chi connectivity index (χ0n) is 14.3. The molecule has 2 aliphatic rings. The number of carbonyl (C=O) groups is 3. The Labute approximate surface area is 151 Å². The van der Waals surface area contributed by atoms with Crippen LogP contribution in [0.15, 0.2) is 42.5 Å². The molecule has 0 bridgehead atoms. The maximum Gasteiger partial charge on any atom is 0.266 e. The molecule has 0 radical (unpaired) electrons. The van der Waals surface area contributed by atoms with Crippen LogP contribution in [0, 0.1) is 0 Å². The first kappa shape index (κ1) is 16.5. The largest absolute Gasteiger partial charge is 0.366 e. The van der Waals surface area contributed by atoms with Crippen molar-refractivity contribution in [3.05, 3.63) is 64.7 Å². The summed E-state index contributed by atoms with van der Waals surface area (Å²) >= 11 is 0. The number of primary amides is 1. The number of fused-ring (bicyclic) bond motifs is 1. The number of rotatable bonds is 4. The van der Waals surface area contributed by atoms with Crippen LogP contribution < -0.4 is 10.6 Å². The first-order valence-electron chi connectivity index (χ1n) is 8.69. The number of nitrogens with zero attached hydrogens (tertiary/aromatic N) is 2. The maximum atomic E-state index is 12.8. The molecule has 0 spiro atoms. The predicted molar refractivity (Wildman–Crippen MR) is 97.1 cm³/mol. The van der Waals surface area contributed by atoms with Gasteiger partial charge in [0.1, 0.15) is 0 Å². The zero-order chi connectivity index (χ0) is 18.3. The average molecular weight is 349 g/mol. The molecule has 2 aromatic carbocycles. The normalized spacial score (nSPS) is 17.0. The molecule has 2 heterocycles. The maximum absolute atomic E-state index is 12.8. The summed E-state index contributed by atoms with van der Waals surface area (Å²) in [5, 5.41) is 0. The lowest BCUT2D eigenvalue weighted by Gasteiger charge is -2.17. The molecule has 6 nitrogen and oxygen atoms in total. The fourth-order valence-electron chi connectivity index (χ4n) is 3.67. The molecular weight excluding hydrogens is 330 g/mol. The van der Waals surface area contributed by atoms with Gasteiger partial charge >= 0.3 is 0 Å². The lowest BCUT2D eigenvalue weighted by molar-refractivity contribution is 0.0918. The minimum Gasteiger partial charge on any atom is -0.366 e. The number of likely N-dealkylation sites (tertiary alicyclic amines) is 1.